The molecule has 0 spiro atoms. The number of benzene rings is 2. The van der Waals surface area contributed by atoms with E-state index < -0.39 is 0 Å². The van der Waals surface area contributed by atoms with Gasteiger partial charge in [-0.25, -0.2) is 0 Å². The third-order valence-corrected chi connectivity index (χ3v) is 3.50. The van der Waals surface area contributed by atoms with E-state index in [1.54, 1.807) is 6.26 Å². The molecule has 0 aliphatic rings. The molecule has 0 radical (unpaired) electrons. The van der Waals surface area contributed by atoms with Gasteiger partial charge in [0.25, 0.3) is 0 Å². The minimum atomic E-state index is 0.248. The molecular weight excluding hydrogens is 248 g/mol. The van der Waals surface area contributed by atoms with Gasteiger partial charge in [0.05, 0.1) is 6.26 Å². The SMILES string of the molecule is O=C(CCc1ccco1)Cc1cccc2ccccc12. The molecule has 20 heavy (non-hydrogen) atoms. The van der Waals surface area contributed by atoms with Crippen LogP contribution in [0.2, 0.25) is 0 Å². The summed E-state index contributed by atoms with van der Waals surface area (Å²) in [6, 6.07) is 18.1. The molecule has 0 saturated heterocycles. The van der Waals surface area contributed by atoms with Crippen molar-refractivity contribution in [3.8, 4) is 0 Å². The Kier molecular flexibility index (Phi) is 3.64. The van der Waals surface area contributed by atoms with Crippen LogP contribution in [0, 0.1) is 0 Å². The van der Waals surface area contributed by atoms with Gasteiger partial charge in [0, 0.05) is 19.3 Å². The molecule has 0 N–H and O–H groups in total. The Morgan fingerprint density at radius 2 is 1.80 bits per heavy atom. The monoisotopic (exact) mass is 264 g/mol. The average Bonchev–Trinajstić information content (AvgIpc) is 2.99. The van der Waals surface area contributed by atoms with Crippen LogP contribution in [0.4, 0.5) is 0 Å². The topological polar surface area (TPSA) is 30.2 Å². The summed E-state index contributed by atoms with van der Waals surface area (Å²) in [5.41, 5.74) is 1.10. The van der Waals surface area contributed by atoms with Crippen LogP contribution in [0.5, 0.6) is 0 Å². The van der Waals surface area contributed by atoms with Crippen LogP contribution in [-0.2, 0) is 17.6 Å². The lowest BCUT2D eigenvalue weighted by Gasteiger charge is -2.05. The van der Waals surface area contributed by atoms with Gasteiger partial charge in [-0.3, -0.25) is 4.79 Å². The van der Waals surface area contributed by atoms with Gasteiger partial charge in [-0.05, 0) is 28.5 Å². The second-order valence-electron chi connectivity index (χ2n) is 4.93. The fourth-order valence-corrected chi connectivity index (χ4v) is 2.46. The van der Waals surface area contributed by atoms with Gasteiger partial charge < -0.3 is 4.42 Å². The van der Waals surface area contributed by atoms with Crippen molar-refractivity contribution in [1.82, 2.24) is 0 Å². The van der Waals surface area contributed by atoms with E-state index in [2.05, 4.69) is 18.2 Å². The Hall–Kier alpha value is -2.35. The molecule has 3 rings (SSSR count). The average molecular weight is 264 g/mol. The Morgan fingerprint density at radius 1 is 0.950 bits per heavy atom. The number of Topliss-reactive ketones (excluding diaryl/α,β-unsaturated/α-hetero) is 1. The maximum absolute atomic E-state index is 12.1. The van der Waals surface area contributed by atoms with Crippen LogP contribution in [0.1, 0.15) is 17.7 Å². The number of carbonyl (C=O) groups is 1. The van der Waals surface area contributed by atoms with E-state index in [1.165, 1.54) is 10.8 Å². The summed E-state index contributed by atoms with van der Waals surface area (Å²) in [5.74, 6) is 1.12. The van der Waals surface area contributed by atoms with E-state index in [0.717, 1.165) is 11.3 Å². The highest BCUT2D eigenvalue weighted by molar-refractivity contribution is 5.90. The summed E-state index contributed by atoms with van der Waals surface area (Å²) in [6.45, 7) is 0. The molecule has 0 saturated carbocycles. The number of fused-ring (bicyclic) bond motifs is 1. The lowest BCUT2D eigenvalue weighted by atomic mass is 9.99. The largest absolute Gasteiger partial charge is 0.469 e. The molecule has 1 heterocycles. The number of aryl methyl sites for hydroxylation is 1. The van der Waals surface area contributed by atoms with Crippen molar-refractivity contribution in [1.29, 1.82) is 0 Å². The van der Waals surface area contributed by atoms with Gasteiger partial charge in [-0.1, -0.05) is 42.5 Å². The number of ketones is 1. The zero-order chi connectivity index (χ0) is 13.8. The Bertz CT molecular complexity index is 706. The van der Waals surface area contributed by atoms with Crippen molar-refractivity contribution in [2.75, 3.05) is 0 Å². The van der Waals surface area contributed by atoms with Crippen molar-refractivity contribution >= 4 is 16.6 Å². The van der Waals surface area contributed by atoms with Crippen LogP contribution in [0.15, 0.2) is 65.3 Å². The van der Waals surface area contributed by atoms with Crippen molar-refractivity contribution in [3.63, 3.8) is 0 Å². The first-order valence-electron chi connectivity index (χ1n) is 6.83. The maximum atomic E-state index is 12.1. The van der Waals surface area contributed by atoms with Gasteiger partial charge in [0.2, 0.25) is 0 Å². The maximum Gasteiger partial charge on any atom is 0.137 e. The minimum absolute atomic E-state index is 0.248. The molecule has 2 heteroatoms. The van der Waals surface area contributed by atoms with Crippen molar-refractivity contribution in [2.24, 2.45) is 0 Å². The van der Waals surface area contributed by atoms with Crippen LogP contribution in [-0.4, -0.2) is 5.78 Å². The molecule has 3 aromatic rings. The quantitative estimate of drug-likeness (QED) is 0.692. The fraction of sp³-hybridized carbons (Fsp3) is 0.167. The van der Waals surface area contributed by atoms with Crippen LogP contribution >= 0.6 is 0 Å². The van der Waals surface area contributed by atoms with Crippen molar-refractivity contribution in [3.05, 3.63) is 72.2 Å². The smallest absolute Gasteiger partial charge is 0.137 e. The second-order valence-corrected chi connectivity index (χ2v) is 4.93. The summed E-state index contributed by atoms with van der Waals surface area (Å²) in [7, 11) is 0. The number of rotatable bonds is 5. The minimum Gasteiger partial charge on any atom is -0.469 e. The Balaban J connectivity index is 1.71. The highest BCUT2D eigenvalue weighted by atomic mass is 16.3. The van der Waals surface area contributed by atoms with Crippen molar-refractivity contribution in [2.45, 2.75) is 19.3 Å². The van der Waals surface area contributed by atoms with Crippen molar-refractivity contribution < 1.29 is 9.21 Å². The van der Waals surface area contributed by atoms with E-state index in [0.29, 0.717) is 19.3 Å². The van der Waals surface area contributed by atoms with Gasteiger partial charge in [-0.2, -0.15) is 0 Å². The summed E-state index contributed by atoms with van der Waals surface area (Å²) >= 11 is 0. The normalized spacial score (nSPS) is 10.8. The molecule has 0 bridgehead atoms. The predicted molar refractivity (Wildman–Crippen MR) is 79.7 cm³/mol. The van der Waals surface area contributed by atoms with Crippen LogP contribution < -0.4 is 0 Å². The third-order valence-electron chi connectivity index (χ3n) is 3.50. The first-order chi connectivity index (χ1) is 9.83. The van der Waals surface area contributed by atoms with Gasteiger partial charge in [0.15, 0.2) is 0 Å². The fourth-order valence-electron chi connectivity index (χ4n) is 2.46. The Labute approximate surface area is 118 Å². The van der Waals surface area contributed by atoms with Gasteiger partial charge in [0.1, 0.15) is 11.5 Å². The molecular formula is C18H16O2. The van der Waals surface area contributed by atoms with E-state index >= 15 is 0 Å². The molecule has 2 aromatic carbocycles. The van der Waals surface area contributed by atoms with E-state index in [4.69, 9.17) is 4.42 Å². The standard InChI is InChI=1S/C18H16O2/c19-16(10-11-17-8-4-12-20-17)13-15-7-3-6-14-5-1-2-9-18(14)15/h1-9,12H,10-11,13H2. The summed E-state index contributed by atoms with van der Waals surface area (Å²) in [5, 5.41) is 2.35. The van der Waals surface area contributed by atoms with E-state index in [-0.39, 0.29) is 5.78 Å². The summed E-state index contributed by atoms with van der Waals surface area (Å²) in [6.07, 6.45) is 3.33. The molecule has 0 unspecified atom stereocenters. The van der Waals surface area contributed by atoms with Crippen LogP contribution in [0.3, 0.4) is 0 Å². The lowest BCUT2D eigenvalue weighted by molar-refractivity contribution is -0.118. The van der Waals surface area contributed by atoms with Crippen LogP contribution in [0.25, 0.3) is 10.8 Å². The Morgan fingerprint density at radius 3 is 2.65 bits per heavy atom. The molecule has 0 atom stereocenters. The van der Waals surface area contributed by atoms with Gasteiger partial charge in [-0.15, -0.1) is 0 Å². The summed E-state index contributed by atoms with van der Waals surface area (Å²) < 4.78 is 5.25. The second kappa shape index (κ2) is 5.74. The molecule has 0 aliphatic heterocycles. The number of furan rings is 1. The molecule has 100 valence electrons. The third kappa shape index (κ3) is 2.80. The lowest BCUT2D eigenvalue weighted by Crippen LogP contribution is -2.04. The van der Waals surface area contributed by atoms with Gasteiger partial charge >= 0.3 is 0 Å². The molecule has 2 nitrogen and oxygen atoms in total. The van der Waals surface area contributed by atoms with E-state index in [9.17, 15) is 4.79 Å². The summed E-state index contributed by atoms with van der Waals surface area (Å²) in [4.78, 5) is 12.1. The number of hydrogen-bond acceptors (Lipinski definition) is 2. The number of hydrogen-bond donors (Lipinski definition) is 0. The number of carbonyl (C=O) groups excluding carboxylic acids is 1. The first kappa shape index (κ1) is 12.7. The predicted octanol–water partition coefficient (Wildman–Crippen LogP) is 4.18. The zero-order valence-corrected chi connectivity index (χ0v) is 11.2. The zero-order valence-electron chi connectivity index (χ0n) is 11.2. The molecule has 0 amide bonds. The molecule has 1 aromatic heterocycles. The van der Waals surface area contributed by atoms with E-state index in [1.807, 2.05) is 36.4 Å². The highest BCUT2D eigenvalue weighted by Crippen LogP contribution is 2.19. The molecule has 0 aliphatic carbocycles. The highest BCUT2D eigenvalue weighted by Gasteiger charge is 2.08. The molecule has 0 fully saturated rings. The first-order valence-corrected chi connectivity index (χ1v) is 6.83.